The van der Waals surface area contributed by atoms with Gasteiger partial charge in [-0.1, -0.05) is 23.7 Å². The fourth-order valence-electron chi connectivity index (χ4n) is 2.87. The first kappa shape index (κ1) is 18.5. The summed E-state index contributed by atoms with van der Waals surface area (Å²) in [5.74, 6) is -0.0653. The largest absolute Gasteiger partial charge is 0.375 e. The summed E-state index contributed by atoms with van der Waals surface area (Å²) in [6, 6.07) is 7.26. The molecule has 0 spiro atoms. The number of hydrogen-bond acceptors (Lipinski definition) is 3. The Hall–Kier alpha value is -1.79. The van der Waals surface area contributed by atoms with Crippen LogP contribution in [0.1, 0.15) is 31.4 Å². The molecule has 1 heterocycles. The number of urea groups is 1. The number of halogens is 1. The number of methoxy groups -OCH3 is 1. The summed E-state index contributed by atoms with van der Waals surface area (Å²) in [7, 11) is 1.61. The maximum Gasteiger partial charge on any atom is 0.317 e. The topological polar surface area (TPSA) is 70.7 Å². The first-order chi connectivity index (χ1) is 11.5. The Morgan fingerprint density at radius 2 is 2.08 bits per heavy atom. The van der Waals surface area contributed by atoms with Gasteiger partial charge in [0.1, 0.15) is 0 Å². The number of piperidine rings is 1. The lowest BCUT2D eigenvalue weighted by Crippen LogP contribution is -2.52. The Kier molecular flexibility index (Phi) is 6.87. The average Bonchev–Trinajstić information content (AvgIpc) is 2.56. The second-order valence-electron chi connectivity index (χ2n) is 5.95. The summed E-state index contributed by atoms with van der Waals surface area (Å²) in [5, 5.41) is 6.44. The Morgan fingerprint density at radius 1 is 1.38 bits per heavy atom. The second-order valence-corrected chi connectivity index (χ2v) is 6.38. The molecule has 0 radical (unpaired) electrons. The van der Waals surface area contributed by atoms with Gasteiger partial charge in [0, 0.05) is 44.7 Å². The number of hydrogen-bond donors (Lipinski definition) is 2. The van der Waals surface area contributed by atoms with Crippen molar-refractivity contribution in [2.45, 2.75) is 31.9 Å². The summed E-state index contributed by atoms with van der Waals surface area (Å²) in [6.07, 6.45) is 1.54. The molecule has 1 saturated heterocycles. The number of nitrogens with one attached hydrogen (secondary N) is 2. The van der Waals surface area contributed by atoms with Crippen LogP contribution < -0.4 is 10.6 Å². The van der Waals surface area contributed by atoms with E-state index < -0.39 is 0 Å². The van der Waals surface area contributed by atoms with Crippen LogP contribution in [0.2, 0.25) is 5.02 Å². The van der Waals surface area contributed by atoms with Gasteiger partial charge in [0.05, 0.1) is 6.10 Å². The van der Waals surface area contributed by atoms with Crippen LogP contribution in [0.25, 0.3) is 0 Å². The van der Waals surface area contributed by atoms with Gasteiger partial charge in [0.25, 0.3) is 0 Å². The van der Waals surface area contributed by atoms with E-state index in [-0.39, 0.29) is 24.1 Å². The van der Waals surface area contributed by atoms with Gasteiger partial charge >= 0.3 is 6.03 Å². The third-order valence-electron chi connectivity index (χ3n) is 4.08. The molecule has 1 aromatic carbocycles. The van der Waals surface area contributed by atoms with Crippen LogP contribution in [-0.2, 0) is 9.53 Å². The number of rotatable bonds is 5. The molecule has 0 saturated carbocycles. The van der Waals surface area contributed by atoms with Gasteiger partial charge < -0.3 is 20.3 Å². The maximum atomic E-state index is 12.4. The highest BCUT2D eigenvalue weighted by Gasteiger charge is 2.24. The highest BCUT2D eigenvalue weighted by atomic mass is 35.5. The lowest BCUT2D eigenvalue weighted by Gasteiger charge is -2.33. The zero-order chi connectivity index (χ0) is 17.5. The van der Waals surface area contributed by atoms with Crippen molar-refractivity contribution in [2.75, 3.05) is 26.7 Å². The molecule has 0 aromatic heterocycles. The average molecular weight is 354 g/mol. The lowest BCUT2D eigenvalue weighted by molar-refractivity contribution is -0.119. The van der Waals surface area contributed by atoms with Crippen molar-refractivity contribution in [1.29, 1.82) is 0 Å². The molecule has 2 atom stereocenters. The van der Waals surface area contributed by atoms with Gasteiger partial charge in [0.2, 0.25) is 5.91 Å². The van der Waals surface area contributed by atoms with E-state index in [1.807, 2.05) is 12.1 Å². The maximum absolute atomic E-state index is 12.4. The molecular formula is C17H24ClN3O3. The number of likely N-dealkylation sites (tertiary alicyclic amines) is 1. The zero-order valence-electron chi connectivity index (χ0n) is 14.0. The van der Waals surface area contributed by atoms with Crippen molar-refractivity contribution in [3.05, 3.63) is 34.9 Å². The minimum atomic E-state index is -0.234. The third kappa shape index (κ3) is 5.39. The predicted molar refractivity (Wildman–Crippen MR) is 93.0 cm³/mol. The normalized spacial score (nSPS) is 18.8. The molecule has 3 amide bonds. The van der Waals surface area contributed by atoms with Crippen LogP contribution in [-0.4, -0.2) is 49.6 Å². The smallest absolute Gasteiger partial charge is 0.317 e. The van der Waals surface area contributed by atoms with Gasteiger partial charge in [-0.15, -0.1) is 0 Å². The fourth-order valence-corrected chi connectivity index (χ4v) is 3.00. The molecule has 2 rings (SSSR count). The van der Waals surface area contributed by atoms with Gasteiger partial charge in [-0.05, 0) is 30.5 Å². The number of amides is 3. The Labute approximate surface area is 147 Å². The summed E-state index contributed by atoms with van der Waals surface area (Å²) >= 11 is 5.89. The monoisotopic (exact) mass is 353 g/mol. The molecule has 6 nitrogen and oxygen atoms in total. The highest BCUT2D eigenvalue weighted by molar-refractivity contribution is 6.30. The molecule has 2 unspecified atom stereocenters. The minimum absolute atomic E-state index is 0.0245. The second kappa shape index (κ2) is 8.89. The van der Waals surface area contributed by atoms with E-state index in [4.69, 9.17) is 16.3 Å². The van der Waals surface area contributed by atoms with Crippen LogP contribution in [0, 0.1) is 0 Å². The molecule has 1 aliphatic heterocycles. The summed E-state index contributed by atoms with van der Waals surface area (Å²) in [6.45, 7) is 3.09. The van der Waals surface area contributed by atoms with E-state index in [0.717, 1.165) is 18.4 Å². The van der Waals surface area contributed by atoms with Crippen LogP contribution in [0.5, 0.6) is 0 Å². The fraction of sp³-hybridized carbons (Fsp3) is 0.529. The minimum Gasteiger partial charge on any atom is -0.375 e. The zero-order valence-corrected chi connectivity index (χ0v) is 14.8. The van der Waals surface area contributed by atoms with E-state index in [1.165, 1.54) is 6.92 Å². The van der Waals surface area contributed by atoms with Crippen molar-refractivity contribution in [2.24, 2.45) is 0 Å². The summed E-state index contributed by atoms with van der Waals surface area (Å²) in [5.41, 5.74) is 0.956. The molecule has 1 aliphatic rings. The Bertz CT molecular complexity index is 565. The molecule has 0 bridgehead atoms. The molecule has 132 valence electrons. The number of carbonyl (C=O) groups excluding carboxylic acids is 2. The van der Waals surface area contributed by atoms with E-state index in [9.17, 15) is 9.59 Å². The van der Waals surface area contributed by atoms with E-state index in [2.05, 4.69) is 10.6 Å². The lowest BCUT2D eigenvalue weighted by atomic mass is 10.1. The number of carbonyl (C=O) groups is 2. The van der Waals surface area contributed by atoms with Crippen LogP contribution in [0.4, 0.5) is 4.79 Å². The SMILES string of the molecule is COC(CNC(=O)N1CCCC(NC(C)=O)C1)c1ccc(Cl)cc1. The van der Waals surface area contributed by atoms with Gasteiger partial charge in [-0.25, -0.2) is 4.79 Å². The first-order valence-corrected chi connectivity index (χ1v) is 8.45. The van der Waals surface area contributed by atoms with Crippen molar-refractivity contribution >= 4 is 23.5 Å². The number of benzene rings is 1. The predicted octanol–water partition coefficient (Wildman–Crippen LogP) is 2.34. The number of ether oxygens (including phenoxy) is 1. The molecule has 2 N–H and O–H groups in total. The first-order valence-electron chi connectivity index (χ1n) is 8.07. The molecule has 0 aliphatic carbocycles. The van der Waals surface area contributed by atoms with E-state index in [1.54, 1.807) is 24.1 Å². The Morgan fingerprint density at radius 3 is 2.71 bits per heavy atom. The molecule has 7 heteroatoms. The highest BCUT2D eigenvalue weighted by Crippen LogP contribution is 2.19. The molecular weight excluding hydrogens is 330 g/mol. The van der Waals surface area contributed by atoms with Crippen molar-refractivity contribution in [3.8, 4) is 0 Å². The van der Waals surface area contributed by atoms with Crippen molar-refractivity contribution in [3.63, 3.8) is 0 Å². The molecule has 1 fully saturated rings. The summed E-state index contributed by atoms with van der Waals surface area (Å²) < 4.78 is 5.45. The van der Waals surface area contributed by atoms with E-state index in [0.29, 0.717) is 24.7 Å². The van der Waals surface area contributed by atoms with Crippen LogP contribution in [0.15, 0.2) is 24.3 Å². The van der Waals surface area contributed by atoms with Crippen molar-refractivity contribution in [1.82, 2.24) is 15.5 Å². The van der Waals surface area contributed by atoms with Crippen molar-refractivity contribution < 1.29 is 14.3 Å². The third-order valence-corrected chi connectivity index (χ3v) is 4.33. The number of nitrogens with zero attached hydrogens (tertiary/aromatic N) is 1. The van der Waals surface area contributed by atoms with Gasteiger partial charge in [0.15, 0.2) is 0 Å². The molecule has 24 heavy (non-hydrogen) atoms. The standard InChI is InChI=1S/C17H24ClN3O3/c1-12(22)20-15-4-3-9-21(11-15)17(23)19-10-16(24-2)13-5-7-14(18)8-6-13/h5-8,15-16H,3-4,9-11H2,1-2H3,(H,19,23)(H,20,22). The van der Waals surface area contributed by atoms with Crippen LogP contribution in [0.3, 0.4) is 0 Å². The summed E-state index contributed by atoms with van der Waals surface area (Å²) in [4.78, 5) is 25.3. The van der Waals surface area contributed by atoms with Crippen LogP contribution >= 0.6 is 11.6 Å². The van der Waals surface area contributed by atoms with E-state index >= 15 is 0 Å². The quantitative estimate of drug-likeness (QED) is 0.853. The van der Waals surface area contributed by atoms with Gasteiger partial charge in [-0.2, -0.15) is 0 Å². The Balaban J connectivity index is 1.86. The van der Waals surface area contributed by atoms with Gasteiger partial charge in [-0.3, -0.25) is 4.79 Å². The molecule has 1 aromatic rings.